The summed E-state index contributed by atoms with van der Waals surface area (Å²) in [6.07, 6.45) is 1.17. The van der Waals surface area contributed by atoms with Crippen LogP contribution in [0.15, 0.2) is 40.8 Å². The molecule has 10 heteroatoms. The Morgan fingerprint density at radius 2 is 1.97 bits per heavy atom. The number of likely N-dealkylation sites (tertiary alicyclic amines) is 1. The largest absolute Gasteiger partial charge is 0.490 e. The topological polar surface area (TPSA) is 108 Å². The molecule has 9 nitrogen and oxygen atoms in total. The maximum atomic E-state index is 14.7. The normalized spacial score (nSPS) is 14.9. The standard InChI is InChI=1S/C24H26FN3O6/c1-24(2,3)34-23(29)27-10-8-15(9-11-27)14-32-20-6-4-16(12-18(20)25)22-26-19-13-17(28(30)31)5-7-21(19)33-22/h4-7,12-13,15H,8-11,14H2,1-3H3. The summed E-state index contributed by atoms with van der Waals surface area (Å²) >= 11 is 0. The Hall–Kier alpha value is -3.69. The van der Waals surface area contributed by atoms with E-state index in [4.69, 9.17) is 13.9 Å². The van der Waals surface area contributed by atoms with Gasteiger partial charge in [0.2, 0.25) is 5.89 Å². The fraction of sp³-hybridized carbons (Fsp3) is 0.417. The molecule has 3 aromatic rings. The van der Waals surface area contributed by atoms with E-state index < -0.39 is 16.3 Å². The first-order valence-corrected chi connectivity index (χ1v) is 11.0. The van der Waals surface area contributed by atoms with Crippen molar-refractivity contribution < 1.29 is 28.0 Å². The first kappa shape index (κ1) is 23.5. The number of halogens is 1. The number of amides is 1. The molecular weight excluding hydrogens is 445 g/mol. The fourth-order valence-corrected chi connectivity index (χ4v) is 3.72. The molecule has 2 heterocycles. The van der Waals surface area contributed by atoms with Gasteiger partial charge in [-0.25, -0.2) is 14.2 Å². The number of benzene rings is 2. The van der Waals surface area contributed by atoms with Crippen LogP contribution in [0.4, 0.5) is 14.9 Å². The Balaban J connectivity index is 1.35. The number of nitro benzene ring substituents is 1. The van der Waals surface area contributed by atoms with Crippen LogP contribution in [0.25, 0.3) is 22.6 Å². The number of ether oxygens (including phenoxy) is 2. The average Bonchev–Trinajstić information content (AvgIpc) is 3.21. The summed E-state index contributed by atoms with van der Waals surface area (Å²) in [5.74, 6) is -0.0805. The second kappa shape index (κ2) is 9.28. The molecule has 0 unspecified atom stereocenters. The maximum absolute atomic E-state index is 14.7. The van der Waals surface area contributed by atoms with Gasteiger partial charge in [-0.3, -0.25) is 10.1 Å². The highest BCUT2D eigenvalue weighted by molar-refractivity contribution is 5.78. The summed E-state index contributed by atoms with van der Waals surface area (Å²) < 4.78 is 31.4. The van der Waals surface area contributed by atoms with Crippen molar-refractivity contribution in [3.05, 3.63) is 52.3 Å². The van der Waals surface area contributed by atoms with Gasteiger partial charge < -0.3 is 18.8 Å². The molecule has 2 aromatic carbocycles. The zero-order valence-corrected chi connectivity index (χ0v) is 19.2. The van der Waals surface area contributed by atoms with Gasteiger partial charge in [0, 0.05) is 30.8 Å². The number of hydrogen-bond donors (Lipinski definition) is 0. The Morgan fingerprint density at radius 1 is 1.24 bits per heavy atom. The summed E-state index contributed by atoms with van der Waals surface area (Å²) in [6, 6.07) is 8.50. The van der Waals surface area contributed by atoms with Crippen LogP contribution in [-0.4, -0.2) is 46.2 Å². The van der Waals surface area contributed by atoms with Gasteiger partial charge >= 0.3 is 6.09 Å². The van der Waals surface area contributed by atoms with E-state index in [9.17, 15) is 19.3 Å². The average molecular weight is 471 g/mol. The summed E-state index contributed by atoms with van der Waals surface area (Å²) in [6.45, 7) is 6.98. The van der Waals surface area contributed by atoms with E-state index in [1.807, 2.05) is 20.8 Å². The van der Waals surface area contributed by atoms with Crippen molar-refractivity contribution in [2.24, 2.45) is 5.92 Å². The molecule has 0 N–H and O–H groups in total. The minimum Gasteiger partial charge on any atom is -0.490 e. The number of fused-ring (bicyclic) bond motifs is 1. The second-order valence-corrected chi connectivity index (χ2v) is 9.30. The molecule has 180 valence electrons. The number of oxazole rings is 1. The third kappa shape index (κ3) is 5.44. The highest BCUT2D eigenvalue weighted by atomic mass is 19.1. The molecular formula is C24H26FN3O6. The van der Waals surface area contributed by atoms with Crippen molar-refractivity contribution in [2.45, 2.75) is 39.2 Å². The molecule has 0 aliphatic carbocycles. The summed E-state index contributed by atoms with van der Waals surface area (Å²) in [5.41, 5.74) is 0.464. The van der Waals surface area contributed by atoms with E-state index >= 15 is 0 Å². The van der Waals surface area contributed by atoms with Gasteiger partial charge in [-0.1, -0.05) is 0 Å². The minimum absolute atomic E-state index is 0.0980. The lowest BCUT2D eigenvalue weighted by Gasteiger charge is -2.33. The van der Waals surface area contributed by atoms with E-state index in [0.29, 0.717) is 36.4 Å². The van der Waals surface area contributed by atoms with Crippen LogP contribution in [0, 0.1) is 21.8 Å². The molecule has 1 aromatic heterocycles. The van der Waals surface area contributed by atoms with Gasteiger partial charge in [0.15, 0.2) is 17.1 Å². The molecule has 0 atom stereocenters. The molecule has 0 bridgehead atoms. The van der Waals surface area contributed by atoms with Crippen LogP contribution in [0.1, 0.15) is 33.6 Å². The van der Waals surface area contributed by atoms with Gasteiger partial charge in [0.05, 0.1) is 11.5 Å². The summed E-state index contributed by atoms with van der Waals surface area (Å²) in [5, 5.41) is 10.9. The summed E-state index contributed by atoms with van der Waals surface area (Å²) in [4.78, 5) is 28.5. The number of carbonyl (C=O) groups is 1. The van der Waals surface area contributed by atoms with E-state index in [1.165, 1.54) is 30.3 Å². The molecule has 34 heavy (non-hydrogen) atoms. The number of hydrogen-bond acceptors (Lipinski definition) is 7. The Bertz CT molecular complexity index is 1210. The van der Waals surface area contributed by atoms with Gasteiger partial charge in [0.25, 0.3) is 5.69 Å². The SMILES string of the molecule is CC(C)(C)OC(=O)N1CCC(COc2ccc(-c3nc4cc([N+](=O)[O-])ccc4o3)cc2F)CC1. The van der Waals surface area contributed by atoms with Crippen molar-refractivity contribution in [2.75, 3.05) is 19.7 Å². The maximum Gasteiger partial charge on any atom is 0.410 e. The number of aromatic nitrogens is 1. The zero-order chi connectivity index (χ0) is 24.5. The van der Waals surface area contributed by atoms with E-state index in [0.717, 1.165) is 12.8 Å². The summed E-state index contributed by atoms with van der Waals surface area (Å²) in [7, 11) is 0. The third-order valence-electron chi connectivity index (χ3n) is 5.50. The fourth-order valence-electron chi connectivity index (χ4n) is 3.72. The van der Waals surface area contributed by atoms with Crippen molar-refractivity contribution in [1.29, 1.82) is 0 Å². The quantitative estimate of drug-likeness (QED) is 0.354. The molecule has 1 saturated heterocycles. The van der Waals surface area contributed by atoms with Crippen molar-refractivity contribution in [3.63, 3.8) is 0 Å². The van der Waals surface area contributed by atoms with Crippen molar-refractivity contribution >= 4 is 22.9 Å². The predicted octanol–water partition coefficient (Wildman–Crippen LogP) is 5.57. The van der Waals surface area contributed by atoms with E-state index in [2.05, 4.69) is 4.98 Å². The van der Waals surface area contributed by atoms with Gasteiger partial charge in [-0.05, 0) is 63.8 Å². The number of carbonyl (C=O) groups excluding carboxylic acids is 1. The molecule has 1 aliphatic heterocycles. The van der Waals surface area contributed by atoms with E-state index in [1.54, 1.807) is 11.0 Å². The number of nitrogens with zero attached hydrogens (tertiary/aromatic N) is 3. The second-order valence-electron chi connectivity index (χ2n) is 9.30. The highest BCUT2D eigenvalue weighted by Crippen LogP contribution is 2.30. The van der Waals surface area contributed by atoms with Crippen molar-refractivity contribution in [1.82, 2.24) is 9.88 Å². The Morgan fingerprint density at radius 3 is 2.62 bits per heavy atom. The third-order valence-corrected chi connectivity index (χ3v) is 5.50. The molecule has 1 fully saturated rings. The van der Waals surface area contributed by atoms with E-state index in [-0.39, 0.29) is 29.3 Å². The first-order valence-electron chi connectivity index (χ1n) is 11.0. The smallest absolute Gasteiger partial charge is 0.410 e. The molecule has 0 spiro atoms. The lowest BCUT2D eigenvalue weighted by Crippen LogP contribution is -2.42. The van der Waals surface area contributed by atoms with Crippen LogP contribution < -0.4 is 4.74 Å². The van der Waals surface area contributed by atoms with Crippen molar-refractivity contribution in [3.8, 4) is 17.2 Å². The van der Waals surface area contributed by atoms with Crippen LogP contribution in [0.2, 0.25) is 0 Å². The number of non-ortho nitro benzene ring substituents is 1. The monoisotopic (exact) mass is 471 g/mol. The molecule has 1 amide bonds. The highest BCUT2D eigenvalue weighted by Gasteiger charge is 2.27. The molecule has 4 rings (SSSR count). The number of rotatable bonds is 5. The first-order chi connectivity index (χ1) is 16.1. The van der Waals surface area contributed by atoms with Crippen LogP contribution in [0.5, 0.6) is 5.75 Å². The van der Waals surface area contributed by atoms with Crippen LogP contribution in [0.3, 0.4) is 0 Å². The van der Waals surface area contributed by atoms with Crippen LogP contribution in [-0.2, 0) is 4.74 Å². The molecule has 1 aliphatic rings. The predicted molar refractivity (Wildman–Crippen MR) is 122 cm³/mol. The van der Waals surface area contributed by atoms with Gasteiger partial charge in [0.1, 0.15) is 11.1 Å². The van der Waals surface area contributed by atoms with Crippen LogP contribution >= 0.6 is 0 Å². The molecule has 0 radical (unpaired) electrons. The Labute approximate surface area is 195 Å². The Kier molecular flexibility index (Phi) is 6.41. The minimum atomic E-state index is -0.558. The number of nitro groups is 1. The lowest BCUT2D eigenvalue weighted by molar-refractivity contribution is -0.384. The lowest BCUT2D eigenvalue weighted by atomic mass is 9.98. The zero-order valence-electron chi connectivity index (χ0n) is 19.2. The van der Waals surface area contributed by atoms with Gasteiger partial charge in [-0.15, -0.1) is 0 Å². The van der Waals surface area contributed by atoms with Gasteiger partial charge in [-0.2, -0.15) is 0 Å². The number of piperidine rings is 1. The molecule has 0 saturated carbocycles.